The van der Waals surface area contributed by atoms with Crippen LogP contribution in [0.15, 0.2) is 30.3 Å². The van der Waals surface area contributed by atoms with Gasteiger partial charge in [0, 0.05) is 44.5 Å². The van der Waals surface area contributed by atoms with Crippen molar-refractivity contribution in [3.8, 4) is 17.0 Å². The minimum Gasteiger partial charge on any atom is -0.494 e. The Morgan fingerprint density at radius 3 is 2.52 bits per heavy atom. The van der Waals surface area contributed by atoms with Gasteiger partial charge in [0.05, 0.1) is 12.8 Å². The van der Waals surface area contributed by atoms with Crippen LogP contribution in [0.25, 0.3) is 11.3 Å². The highest BCUT2D eigenvalue weighted by atomic mass is 19.1. The van der Waals surface area contributed by atoms with Gasteiger partial charge >= 0.3 is 0 Å². The lowest BCUT2D eigenvalue weighted by atomic mass is 10.00. The average Bonchev–Trinajstić information content (AvgIpc) is 3.33. The molecule has 5 rings (SSSR count). The van der Waals surface area contributed by atoms with E-state index in [-0.39, 0.29) is 5.75 Å². The van der Waals surface area contributed by atoms with Gasteiger partial charge in [0.2, 0.25) is 0 Å². The van der Waals surface area contributed by atoms with Crippen LogP contribution in [0.5, 0.6) is 5.75 Å². The Morgan fingerprint density at radius 1 is 1.10 bits per heavy atom. The maximum atomic E-state index is 14.0. The molecule has 0 spiro atoms. The molecule has 3 heterocycles. The second-order valence-electron chi connectivity index (χ2n) is 9.26. The Labute approximate surface area is 183 Å². The fraction of sp³-hybridized carbons (Fsp3) is 0.583. The predicted molar refractivity (Wildman–Crippen MR) is 118 cm³/mol. The highest BCUT2D eigenvalue weighted by Crippen LogP contribution is 2.39. The second kappa shape index (κ2) is 9.09. The summed E-state index contributed by atoms with van der Waals surface area (Å²) in [5.41, 5.74) is 1.34. The van der Waals surface area contributed by atoms with Crippen LogP contribution in [-0.2, 0) is 4.74 Å². The standard InChI is InChI=1S/C24H31FN4O2/c1-30-23-4-2-17(12-21(23)25)22-3-5-24(28-27-22)26-20-10-18-14-29(15-19(18)11-20)13-16-6-8-31-9-7-16/h2-5,12,16,18-20H,6-11,13-15H2,1H3,(H,26,28). The van der Waals surface area contributed by atoms with E-state index in [2.05, 4.69) is 20.4 Å². The first-order valence-corrected chi connectivity index (χ1v) is 11.4. The van der Waals surface area contributed by atoms with Gasteiger partial charge in [-0.25, -0.2) is 4.39 Å². The number of nitrogens with one attached hydrogen (secondary N) is 1. The zero-order chi connectivity index (χ0) is 21.2. The minimum atomic E-state index is -0.396. The third kappa shape index (κ3) is 4.67. The van der Waals surface area contributed by atoms with Gasteiger partial charge in [-0.3, -0.25) is 0 Å². The first kappa shape index (κ1) is 20.6. The number of likely N-dealkylation sites (tertiary alicyclic amines) is 1. The van der Waals surface area contributed by atoms with Crippen molar-refractivity contribution in [2.75, 3.05) is 45.3 Å². The summed E-state index contributed by atoms with van der Waals surface area (Å²) in [5.74, 6) is 3.01. The van der Waals surface area contributed by atoms with Crippen LogP contribution in [0.4, 0.5) is 10.2 Å². The van der Waals surface area contributed by atoms with Crippen LogP contribution in [0.2, 0.25) is 0 Å². The van der Waals surface area contributed by atoms with Gasteiger partial charge in [0.25, 0.3) is 0 Å². The van der Waals surface area contributed by atoms with Crippen molar-refractivity contribution in [2.45, 2.75) is 31.7 Å². The number of fused-ring (bicyclic) bond motifs is 1. The molecule has 0 amide bonds. The van der Waals surface area contributed by atoms with Gasteiger partial charge in [-0.05, 0) is 73.8 Å². The molecule has 2 unspecified atom stereocenters. The third-order valence-corrected chi connectivity index (χ3v) is 7.15. The van der Waals surface area contributed by atoms with E-state index in [1.54, 1.807) is 12.1 Å². The fourth-order valence-electron chi connectivity index (χ4n) is 5.56. The van der Waals surface area contributed by atoms with Gasteiger partial charge in [0.1, 0.15) is 5.82 Å². The van der Waals surface area contributed by atoms with Crippen molar-refractivity contribution in [3.63, 3.8) is 0 Å². The number of halogens is 1. The summed E-state index contributed by atoms with van der Waals surface area (Å²) in [6.45, 7) is 5.57. The van der Waals surface area contributed by atoms with Crippen molar-refractivity contribution in [1.29, 1.82) is 0 Å². The Balaban J connectivity index is 1.13. The number of hydrogen-bond donors (Lipinski definition) is 1. The van der Waals surface area contributed by atoms with E-state index < -0.39 is 5.82 Å². The van der Waals surface area contributed by atoms with E-state index in [9.17, 15) is 4.39 Å². The molecule has 0 radical (unpaired) electrons. The number of benzene rings is 1. The Kier molecular flexibility index (Phi) is 6.05. The molecule has 2 aliphatic heterocycles. The van der Waals surface area contributed by atoms with E-state index in [0.29, 0.717) is 17.3 Å². The summed E-state index contributed by atoms with van der Waals surface area (Å²) >= 11 is 0. The lowest BCUT2D eigenvalue weighted by Gasteiger charge is -2.27. The summed E-state index contributed by atoms with van der Waals surface area (Å²) in [7, 11) is 1.46. The Morgan fingerprint density at radius 2 is 1.87 bits per heavy atom. The monoisotopic (exact) mass is 426 g/mol. The average molecular weight is 427 g/mol. The molecule has 1 aliphatic carbocycles. The van der Waals surface area contributed by atoms with Gasteiger partial charge in [0.15, 0.2) is 11.6 Å². The molecule has 6 nitrogen and oxygen atoms in total. The summed E-state index contributed by atoms with van der Waals surface area (Å²) in [6.07, 6.45) is 4.83. The summed E-state index contributed by atoms with van der Waals surface area (Å²) < 4.78 is 24.4. The molecule has 3 fully saturated rings. The van der Waals surface area contributed by atoms with Crippen LogP contribution in [0.1, 0.15) is 25.7 Å². The van der Waals surface area contributed by atoms with Gasteiger partial charge in [-0.1, -0.05) is 0 Å². The first-order valence-electron chi connectivity index (χ1n) is 11.4. The molecule has 0 bridgehead atoms. The van der Waals surface area contributed by atoms with Crippen LogP contribution >= 0.6 is 0 Å². The van der Waals surface area contributed by atoms with E-state index in [0.717, 1.165) is 36.8 Å². The smallest absolute Gasteiger partial charge is 0.165 e. The predicted octanol–water partition coefficient (Wildman–Crippen LogP) is 3.84. The summed E-state index contributed by atoms with van der Waals surface area (Å²) in [5, 5.41) is 12.2. The number of hydrogen-bond acceptors (Lipinski definition) is 6. The molecule has 7 heteroatoms. The molecule has 1 saturated carbocycles. The van der Waals surface area contributed by atoms with Crippen molar-refractivity contribution < 1.29 is 13.9 Å². The quantitative estimate of drug-likeness (QED) is 0.757. The van der Waals surface area contributed by atoms with E-state index in [1.165, 1.54) is 58.5 Å². The van der Waals surface area contributed by atoms with Crippen molar-refractivity contribution in [2.24, 2.45) is 17.8 Å². The number of aromatic nitrogens is 2. The molecular weight excluding hydrogens is 395 g/mol. The van der Waals surface area contributed by atoms with Gasteiger partial charge in [-0.15, -0.1) is 10.2 Å². The van der Waals surface area contributed by atoms with Gasteiger partial charge in [-0.2, -0.15) is 0 Å². The van der Waals surface area contributed by atoms with Gasteiger partial charge < -0.3 is 19.7 Å². The SMILES string of the molecule is COc1ccc(-c2ccc(NC3CC4CN(CC5CCOCC5)CC4C3)nn2)cc1F. The molecule has 1 aromatic heterocycles. The maximum Gasteiger partial charge on any atom is 0.165 e. The van der Waals surface area contributed by atoms with E-state index >= 15 is 0 Å². The van der Waals surface area contributed by atoms with Crippen LogP contribution in [-0.4, -0.2) is 61.1 Å². The highest BCUT2D eigenvalue weighted by molar-refractivity contribution is 5.61. The fourth-order valence-corrected chi connectivity index (χ4v) is 5.56. The zero-order valence-corrected chi connectivity index (χ0v) is 18.1. The van der Waals surface area contributed by atoms with E-state index in [4.69, 9.17) is 9.47 Å². The number of ether oxygens (including phenoxy) is 2. The number of methoxy groups -OCH3 is 1. The van der Waals surface area contributed by atoms with Crippen molar-refractivity contribution >= 4 is 5.82 Å². The molecule has 31 heavy (non-hydrogen) atoms. The second-order valence-corrected chi connectivity index (χ2v) is 9.26. The molecule has 166 valence electrons. The Hall–Kier alpha value is -2.25. The van der Waals surface area contributed by atoms with Crippen LogP contribution in [0, 0.1) is 23.6 Å². The topological polar surface area (TPSA) is 59.5 Å². The molecule has 1 aromatic carbocycles. The first-order chi connectivity index (χ1) is 15.2. The minimum absolute atomic E-state index is 0.230. The molecule has 1 N–H and O–H groups in total. The highest BCUT2D eigenvalue weighted by Gasteiger charge is 2.41. The maximum absolute atomic E-state index is 14.0. The molecular formula is C24H31FN4O2. The number of anilines is 1. The molecule has 2 saturated heterocycles. The molecule has 2 aromatic rings. The molecule has 3 aliphatic rings. The largest absolute Gasteiger partial charge is 0.494 e. The van der Waals surface area contributed by atoms with Crippen LogP contribution < -0.4 is 10.1 Å². The zero-order valence-electron chi connectivity index (χ0n) is 18.1. The number of rotatable bonds is 6. The number of nitrogens with zero attached hydrogens (tertiary/aromatic N) is 3. The third-order valence-electron chi connectivity index (χ3n) is 7.15. The lowest BCUT2D eigenvalue weighted by molar-refractivity contribution is 0.0545. The van der Waals surface area contributed by atoms with E-state index in [1.807, 2.05) is 12.1 Å². The van der Waals surface area contributed by atoms with Crippen molar-refractivity contribution in [3.05, 3.63) is 36.1 Å². The molecule has 2 atom stereocenters. The van der Waals surface area contributed by atoms with Crippen molar-refractivity contribution in [1.82, 2.24) is 15.1 Å². The van der Waals surface area contributed by atoms with Crippen LogP contribution in [0.3, 0.4) is 0 Å². The summed E-state index contributed by atoms with van der Waals surface area (Å²) in [4.78, 5) is 2.68. The Bertz CT molecular complexity index is 874. The summed E-state index contributed by atoms with van der Waals surface area (Å²) in [6, 6.07) is 9.13. The normalized spacial score (nSPS) is 26.7. The lowest BCUT2D eigenvalue weighted by Crippen LogP contribution is -2.32.